The monoisotopic (exact) mass is 472 g/mol. The van der Waals surface area contributed by atoms with Crippen LogP contribution in [0, 0.1) is 0 Å². The lowest BCUT2D eigenvalue weighted by atomic mass is 9.80. The van der Waals surface area contributed by atoms with Crippen molar-refractivity contribution in [3.05, 3.63) is 77.0 Å². The molecule has 33 heavy (non-hydrogen) atoms. The maximum Gasteiger partial charge on any atom is 0.338 e. The van der Waals surface area contributed by atoms with Gasteiger partial charge in [0.1, 0.15) is 17.1 Å². The van der Waals surface area contributed by atoms with Crippen molar-refractivity contribution >= 4 is 27.6 Å². The van der Waals surface area contributed by atoms with Crippen molar-refractivity contribution in [1.82, 2.24) is 5.01 Å². The number of carbonyl (C=O) groups excluding carboxylic acids is 2. The number of amides is 1. The number of sulfonamides is 1. The summed E-state index contributed by atoms with van der Waals surface area (Å²) >= 11 is 0. The highest BCUT2D eigenvalue weighted by Gasteiger charge is 2.47. The maximum atomic E-state index is 13.3. The van der Waals surface area contributed by atoms with Gasteiger partial charge < -0.3 is 20.3 Å². The Morgan fingerprint density at radius 1 is 1.21 bits per heavy atom. The van der Waals surface area contributed by atoms with E-state index in [1.807, 2.05) is 0 Å². The number of para-hydroxylation sites is 1. The third-order valence-electron chi connectivity index (χ3n) is 5.11. The number of aliphatic hydroxyl groups is 1. The fourth-order valence-electron chi connectivity index (χ4n) is 3.65. The fourth-order valence-corrected chi connectivity index (χ4v) is 4.17. The number of fused-ring (bicyclic) bond motifs is 3. The number of nitrogens with one attached hydrogen (secondary N) is 1. The van der Waals surface area contributed by atoms with E-state index in [2.05, 4.69) is 5.43 Å². The molecule has 0 fully saturated rings. The van der Waals surface area contributed by atoms with E-state index >= 15 is 0 Å². The summed E-state index contributed by atoms with van der Waals surface area (Å²) in [5.74, 6) is -3.20. The molecule has 11 nitrogen and oxygen atoms in total. The fraction of sp³-hybridized carbons (Fsp3) is 0.143. The molecule has 0 saturated heterocycles. The van der Waals surface area contributed by atoms with Crippen LogP contribution in [-0.4, -0.2) is 37.0 Å². The van der Waals surface area contributed by atoms with Gasteiger partial charge in [-0.25, -0.2) is 23.4 Å². The molecule has 0 bridgehead atoms. The maximum absolute atomic E-state index is 13.3. The lowest BCUT2D eigenvalue weighted by molar-refractivity contribution is -0.139. The SMILES string of the molecule is CCOC(=O)C1=C(N)N(Nc2ccc(S(N)(=O)=O)cc2)C(=O)C2=C(O)Oc3ccccc3C21. The predicted octanol–water partition coefficient (Wildman–Crippen LogP) is 1.18. The number of anilines is 1. The second-order valence-electron chi connectivity index (χ2n) is 7.13. The second-order valence-corrected chi connectivity index (χ2v) is 8.69. The van der Waals surface area contributed by atoms with Gasteiger partial charge in [0.05, 0.1) is 28.7 Å². The van der Waals surface area contributed by atoms with E-state index in [-0.39, 0.29) is 39.9 Å². The number of aliphatic hydroxyl groups excluding tert-OH is 1. The molecular weight excluding hydrogens is 452 g/mol. The van der Waals surface area contributed by atoms with E-state index in [9.17, 15) is 23.1 Å². The Kier molecular flexibility index (Phi) is 5.47. The number of rotatable bonds is 5. The van der Waals surface area contributed by atoms with E-state index in [1.165, 1.54) is 24.3 Å². The lowest BCUT2D eigenvalue weighted by Gasteiger charge is -2.37. The van der Waals surface area contributed by atoms with Crippen LogP contribution in [0.3, 0.4) is 0 Å². The Balaban J connectivity index is 1.83. The van der Waals surface area contributed by atoms with Crippen LogP contribution in [0.4, 0.5) is 5.69 Å². The van der Waals surface area contributed by atoms with E-state index in [4.69, 9.17) is 20.3 Å². The molecule has 1 atom stereocenters. The molecule has 12 heteroatoms. The molecule has 2 aliphatic rings. The molecule has 0 aliphatic carbocycles. The van der Waals surface area contributed by atoms with Crippen LogP contribution in [0.2, 0.25) is 0 Å². The number of hydrogen-bond acceptors (Lipinski definition) is 9. The summed E-state index contributed by atoms with van der Waals surface area (Å²) in [6.07, 6.45) is 0. The van der Waals surface area contributed by atoms with Crippen LogP contribution in [0.15, 0.2) is 76.3 Å². The average Bonchev–Trinajstić information content (AvgIpc) is 2.76. The van der Waals surface area contributed by atoms with Crippen molar-refractivity contribution in [3.8, 4) is 5.75 Å². The van der Waals surface area contributed by atoms with Gasteiger partial charge in [0.15, 0.2) is 0 Å². The lowest BCUT2D eigenvalue weighted by Crippen LogP contribution is -2.48. The molecule has 0 aromatic heterocycles. The Labute approximate surface area is 188 Å². The molecule has 0 saturated carbocycles. The minimum Gasteiger partial charge on any atom is -0.480 e. The third kappa shape index (κ3) is 3.85. The van der Waals surface area contributed by atoms with Crippen LogP contribution in [-0.2, 0) is 24.3 Å². The zero-order valence-electron chi connectivity index (χ0n) is 17.3. The Morgan fingerprint density at radius 3 is 2.52 bits per heavy atom. The first-order valence-electron chi connectivity index (χ1n) is 9.74. The standard InChI is InChI=1S/C21H20N4O7S/c1-2-31-20(27)16-15-13-5-3-4-6-14(13)32-21(28)17(15)19(26)25(18(16)22)24-11-7-9-12(10-8-11)33(23,29)30/h3-10,15,24,28H,2,22H2,1H3,(H2,23,29,30). The first-order valence-corrected chi connectivity index (χ1v) is 11.3. The highest BCUT2D eigenvalue weighted by molar-refractivity contribution is 7.89. The number of esters is 1. The van der Waals surface area contributed by atoms with E-state index in [1.54, 1.807) is 31.2 Å². The summed E-state index contributed by atoms with van der Waals surface area (Å²) in [5, 5.41) is 16.5. The van der Waals surface area contributed by atoms with Crippen LogP contribution < -0.4 is 21.0 Å². The molecule has 2 aromatic carbocycles. The summed E-state index contributed by atoms with van der Waals surface area (Å²) in [4.78, 5) is 26.1. The quantitative estimate of drug-likeness (QED) is 0.466. The molecule has 0 radical (unpaired) electrons. The summed E-state index contributed by atoms with van der Waals surface area (Å²) < 4.78 is 33.5. The predicted molar refractivity (Wildman–Crippen MR) is 116 cm³/mol. The average molecular weight is 472 g/mol. The van der Waals surface area contributed by atoms with E-state index < -0.39 is 33.8 Å². The third-order valence-corrected chi connectivity index (χ3v) is 6.04. The van der Waals surface area contributed by atoms with E-state index in [0.29, 0.717) is 5.56 Å². The zero-order valence-corrected chi connectivity index (χ0v) is 18.1. The van der Waals surface area contributed by atoms with Gasteiger partial charge >= 0.3 is 5.97 Å². The topological polar surface area (TPSA) is 174 Å². The highest BCUT2D eigenvalue weighted by Crippen LogP contribution is 2.47. The van der Waals surface area contributed by atoms with Gasteiger partial charge in [0, 0.05) is 5.56 Å². The summed E-state index contributed by atoms with van der Waals surface area (Å²) in [6.45, 7) is 1.68. The smallest absolute Gasteiger partial charge is 0.338 e. The van der Waals surface area contributed by atoms with Crippen LogP contribution in [0.25, 0.3) is 0 Å². The molecule has 1 amide bonds. The Morgan fingerprint density at radius 2 is 1.88 bits per heavy atom. The van der Waals surface area contributed by atoms with E-state index in [0.717, 1.165) is 5.01 Å². The van der Waals surface area contributed by atoms with Gasteiger partial charge in [-0.1, -0.05) is 18.2 Å². The number of nitrogens with two attached hydrogens (primary N) is 2. The number of ether oxygens (including phenoxy) is 2. The van der Waals surface area contributed by atoms with Crippen molar-refractivity contribution in [2.24, 2.45) is 10.9 Å². The second kappa shape index (κ2) is 8.15. The van der Waals surface area contributed by atoms with Crippen LogP contribution in [0.1, 0.15) is 18.4 Å². The molecule has 4 rings (SSSR count). The number of benzene rings is 2. The van der Waals surface area contributed by atoms with Gasteiger partial charge in [0.2, 0.25) is 10.0 Å². The molecule has 2 aliphatic heterocycles. The van der Waals surface area contributed by atoms with Crippen molar-refractivity contribution in [2.45, 2.75) is 17.7 Å². The molecular formula is C21H20N4O7S. The van der Waals surface area contributed by atoms with Crippen LogP contribution >= 0.6 is 0 Å². The first kappa shape index (κ1) is 22.2. The normalized spacial score (nSPS) is 17.8. The molecule has 1 unspecified atom stereocenters. The van der Waals surface area contributed by atoms with Crippen molar-refractivity contribution in [3.63, 3.8) is 0 Å². The van der Waals surface area contributed by atoms with Crippen molar-refractivity contribution < 1.29 is 32.6 Å². The number of hydrazine groups is 1. The largest absolute Gasteiger partial charge is 0.480 e. The molecule has 6 N–H and O–H groups in total. The summed E-state index contributed by atoms with van der Waals surface area (Å²) in [6, 6.07) is 11.8. The zero-order chi connectivity index (χ0) is 23.9. The summed E-state index contributed by atoms with van der Waals surface area (Å²) in [5.41, 5.74) is 9.43. The van der Waals surface area contributed by atoms with Gasteiger partial charge in [-0.05, 0) is 37.3 Å². The Bertz CT molecular complexity index is 1320. The van der Waals surface area contributed by atoms with Gasteiger partial charge in [-0.3, -0.25) is 10.2 Å². The van der Waals surface area contributed by atoms with Crippen LogP contribution in [0.5, 0.6) is 5.75 Å². The summed E-state index contributed by atoms with van der Waals surface area (Å²) in [7, 11) is -3.91. The van der Waals surface area contributed by atoms with Crippen molar-refractivity contribution in [2.75, 3.05) is 12.0 Å². The van der Waals surface area contributed by atoms with Gasteiger partial charge in [-0.2, -0.15) is 0 Å². The first-order chi connectivity index (χ1) is 15.6. The molecule has 172 valence electrons. The minimum absolute atomic E-state index is 0.0575. The van der Waals surface area contributed by atoms with Gasteiger partial charge in [-0.15, -0.1) is 0 Å². The molecule has 0 spiro atoms. The highest BCUT2D eigenvalue weighted by atomic mass is 32.2. The van der Waals surface area contributed by atoms with Gasteiger partial charge in [0.25, 0.3) is 11.9 Å². The number of carbonyl (C=O) groups is 2. The molecule has 2 heterocycles. The molecule has 2 aromatic rings. The van der Waals surface area contributed by atoms with Crippen molar-refractivity contribution in [1.29, 1.82) is 0 Å². The Hall–Kier alpha value is -4.03. The number of hydrogen-bond donors (Lipinski definition) is 4. The minimum atomic E-state index is -3.91. The number of primary sulfonamides is 1. The number of nitrogens with zero attached hydrogens (tertiary/aromatic N) is 1.